The number of hydrogen-bond donors (Lipinski definition) is 1. The second kappa shape index (κ2) is 5.40. The molecule has 1 atom stereocenters. The Bertz CT molecular complexity index is 570. The molecule has 106 valence electrons. The van der Waals surface area contributed by atoms with Gasteiger partial charge in [-0.2, -0.15) is 0 Å². The van der Waals surface area contributed by atoms with E-state index in [0.29, 0.717) is 5.04 Å². The van der Waals surface area contributed by atoms with E-state index in [1.165, 1.54) is 17.3 Å². The minimum atomic E-state index is -0.976. The third kappa shape index (κ3) is 3.28. The molecule has 1 heterocycles. The first kappa shape index (κ1) is 14.8. The summed E-state index contributed by atoms with van der Waals surface area (Å²) in [4.78, 5) is 26.3. The fourth-order valence-electron chi connectivity index (χ4n) is 1.92. The number of rotatable bonds is 3. The van der Waals surface area contributed by atoms with Gasteiger partial charge in [-0.15, -0.1) is 0 Å². The van der Waals surface area contributed by atoms with Crippen molar-refractivity contribution in [2.75, 3.05) is 0 Å². The zero-order valence-corrected chi connectivity index (χ0v) is 12.5. The molecule has 1 aliphatic rings. The zero-order valence-electron chi connectivity index (χ0n) is 11.7. The Labute approximate surface area is 122 Å². The lowest BCUT2D eigenvalue weighted by Crippen LogP contribution is -2.15. The minimum Gasteiger partial charge on any atom is -0.481 e. The van der Waals surface area contributed by atoms with Crippen molar-refractivity contribution >= 4 is 28.7 Å². The molecule has 0 bridgehead atoms. The van der Waals surface area contributed by atoms with E-state index >= 15 is 0 Å². The Kier molecular flexibility index (Phi) is 3.99. The summed E-state index contributed by atoms with van der Waals surface area (Å²) < 4.78 is 0. The van der Waals surface area contributed by atoms with Crippen molar-refractivity contribution in [3.63, 3.8) is 0 Å². The number of amides is 1. The van der Waals surface area contributed by atoms with Gasteiger partial charge >= 0.3 is 5.97 Å². The Balaban J connectivity index is 2.16. The SMILES string of the molecule is CC(C)(C)c1ccc(C2=NC(=O)[C@@H](CC(=O)O)S2)cc1. The van der Waals surface area contributed by atoms with Crippen molar-refractivity contribution in [2.45, 2.75) is 37.9 Å². The molecule has 0 unspecified atom stereocenters. The number of benzene rings is 1. The van der Waals surface area contributed by atoms with Gasteiger partial charge in [0.25, 0.3) is 5.91 Å². The highest BCUT2D eigenvalue weighted by atomic mass is 32.2. The summed E-state index contributed by atoms with van der Waals surface area (Å²) in [7, 11) is 0. The molecule has 0 fully saturated rings. The maximum atomic E-state index is 11.6. The second-order valence-corrected chi connectivity index (χ2v) is 6.98. The normalized spacial score (nSPS) is 19.1. The van der Waals surface area contributed by atoms with E-state index in [1.54, 1.807) is 0 Å². The van der Waals surface area contributed by atoms with E-state index in [9.17, 15) is 9.59 Å². The molecule has 1 amide bonds. The quantitative estimate of drug-likeness (QED) is 0.930. The van der Waals surface area contributed by atoms with Crippen molar-refractivity contribution in [3.8, 4) is 0 Å². The molecule has 0 aliphatic carbocycles. The Hall–Kier alpha value is -1.62. The lowest BCUT2D eigenvalue weighted by molar-refractivity contribution is -0.138. The molecule has 0 saturated carbocycles. The number of carboxylic acid groups (broad SMARTS) is 1. The first-order valence-corrected chi connectivity index (χ1v) is 7.27. The van der Waals surface area contributed by atoms with Crippen LogP contribution < -0.4 is 0 Å². The predicted molar refractivity (Wildman–Crippen MR) is 80.3 cm³/mol. The largest absolute Gasteiger partial charge is 0.481 e. The summed E-state index contributed by atoms with van der Waals surface area (Å²) in [5.74, 6) is -1.33. The van der Waals surface area contributed by atoms with Gasteiger partial charge in [0.15, 0.2) is 0 Å². The van der Waals surface area contributed by atoms with Crippen molar-refractivity contribution in [2.24, 2.45) is 4.99 Å². The molecule has 1 aliphatic heterocycles. The van der Waals surface area contributed by atoms with Crippen LogP contribution in [0.1, 0.15) is 38.3 Å². The third-order valence-corrected chi connectivity index (χ3v) is 4.30. The average molecular weight is 291 g/mol. The van der Waals surface area contributed by atoms with Crippen LogP contribution in [-0.2, 0) is 15.0 Å². The van der Waals surface area contributed by atoms with Crippen LogP contribution in [0.4, 0.5) is 0 Å². The molecule has 0 aromatic heterocycles. The van der Waals surface area contributed by atoms with E-state index in [1.807, 2.05) is 24.3 Å². The molecule has 0 spiro atoms. The van der Waals surface area contributed by atoms with Gasteiger partial charge in [-0.3, -0.25) is 9.59 Å². The minimum absolute atomic E-state index is 0.0742. The van der Waals surface area contributed by atoms with Gasteiger partial charge < -0.3 is 5.11 Å². The van der Waals surface area contributed by atoms with E-state index in [0.717, 1.165) is 5.56 Å². The molecule has 2 rings (SSSR count). The standard InChI is InChI=1S/C15H17NO3S/c1-15(2,3)10-6-4-9(5-7-10)14-16-13(19)11(20-14)8-12(17)18/h4-7,11H,8H2,1-3H3,(H,17,18)/t11-/m1/s1. The van der Waals surface area contributed by atoms with E-state index in [2.05, 4.69) is 25.8 Å². The van der Waals surface area contributed by atoms with Gasteiger partial charge in [0.1, 0.15) is 10.3 Å². The van der Waals surface area contributed by atoms with Gasteiger partial charge in [-0.1, -0.05) is 56.8 Å². The number of aliphatic imine (C=N–C) groups is 1. The van der Waals surface area contributed by atoms with Crippen molar-refractivity contribution in [3.05, 3.63) is 35.4 Å². The fourth-order valence-corrected chi connectivity index (χ4v) is 2.98. The van der Waals surface area contributed by atoms with Gasteiger partial charge in [0, 0.05) is 5.56 Å². The predicted octanol–water partition coefficient (Wildman–Crippen LogP) is 2.85. The Morgan fingerprint density at radius 1 is 1.30 bits per heavy atom. The molecular weight excluding hydrogens is 274 g/mol. The van der Waals surface area contributed by atoms with Crippen molar-refractivity contribution in [1.29, 1.82) is 0 Å². The fraction of sp³-hybridized carbons (Fsp3) is 0.400. The van der Waals surface area contributed by atoms with Gasteiger partial charge in [0.2, 0.25) is 0 Å². The summed E-state index contributed by atoms with van der Waals surface area (Å²) >= 11 is 1.23. The molecule has 5 heteroatoms. The number of thioether (sulfide) groups is 1. The number of hydrogen-bond acceptors (Lipinski definition) is 3. The third-order valence-electron chi connectivity index (χ3n) is 3.10. The number of nitrogens with zero attached hydrogens (tertiary/aromatic N) is 1. The van der Waals surface area contributed by atoms with Crippen molar-refractivity contribution in [1.82, 2.24) is 0 Å². The molecule has 1 aromatic rings. The van der Waals surface area contributed by atoms with Crippen LogP contribution in [0.25, 0.3) is 0 Å². The maximum Gasteiger partial charge on any atom is 0.305 e. The van der Waals surface area contributed by atoms with Crippen LogP contribution in [0, 0.1) is 0 Å². The van der Waals surface area contributed by atoms with Crippen LogP contribution in [0.5, 0.6) is 0 Å². The smallest absolute Gasteiger partial charge is 0.305 e. The average Bonchev–Trinajstić information content (AvgIpc) is 2.69. The van der Waals surface area contributed by atoms with Crippen LogP contribution in [0.3, 0.4) is 0 Å². The molecule has 0 radical (unpaired) electrons. The Morgan fingerprint density at radius 2 is 1.90 bits per heavy atom. The van der Waals surface area contributed by atoms with Gasteiger partial charge in [0.05, 0.1) is 6.42 Å². The highest BCUT2D eigenvalue weighted by molar-refractivity contribution is 8.16. The highest BCUT2D eigenvalue weighted by Crippen LogP contribution is 2.30. The summed E-state index contributed by atoms with van der Waals surface area (Å²) in [6, 6.07) is 7.91. The summed E-state index contributed by atoms with van der Waals surface area (Å²) in [5, 5.41) is 8.78. The number of carboxylic acids is 1. The zero-order chi connectivity index (χ0) is 14.9. The number of aliphatic carboxylic acids is 1. The monoisotopic (exact) mass is 291 g/mol. The lowest BCUT2D eigenvalue weighted by Gasteiger charge is -2.19. The first-order chi connectivity index (χ1) is 9.27. The van der Waals surface area contributed by atoms with Crippen LogP contribution in [0.15, 0.2) is 29.3 Å². The number of carbonyl (C=O) groups is 2. The molecule has 0 saturated heterocycles. The molecule has 1 aromatic carbocycles. The number of carbonyl (C=O) groups excluding carboxylic acids is 1. The lowest BCUT2D eigenvalue weighted by atomic mass is 9.87. The van der Waals surface area contributed by atoms with E-state index in [-0.39, 0.29) is 17.7 Å². The summed E-state index contributed by atoms with van der Waals surface area (Å²) in [5.41, 5.74) is 2.15. The summed E-state index contributed by atoms with van der Waals surface area (Å²) in [6.45, 7) is 6.41. The van der Waals surface area contributed by atoms with Crippen LogP contribution in [0.2, 0.25) is 0 Å². The van der Waals surface area contributed by atoms with Gasteiger partial charge in [-0.05, 0) is 11.0 Å². The first-order valence-electron chi connectivity index (χ1n) is 6.39. The topological polar surface area (TPSA) is 66.7 Å². The Morgan fingerprint density at radius 3 is 2.40 bits per heavy atom. The molecule has 20 heavy (non-hydrogen) atoms. The molecular formula is C15H17NO3S. The van der Waals surface area contributed by atoms with Crippen molar-refractivity contribution < 1.29 is 14.7 Å². The maximum absolute atomic E-state index is 11.6. The highest BCUT2D eigenvalue weighted by Gasteiger charge is 2.31. The van der Waals surface area contributed by atoms with Gasteiger partial charge in [-0.25, -0.2) is 4.99 Å². The second-order valence-electron chi connectivity index (χ2n) is 5.79. The molecule has 4 nitrogen and oxygen atoms in total. The van der Waals surface area contributed by atoms with Crippen LogP contribution in [-0.4, -0.2) is 27.3 Å². The van der Waals surface area contributed by atoms with E-state index < -0.39 is 11.2 Å². The molecule has 1 N–H and O–H groups in total. The summed E-state index contributed by atoms with van der Waals surface area (Å²) in [6.07, 6.45) is -0.184. The van der Waals surface area contributed by atoms with E-state index in [4.69, 9.17) is 5.11 Å². The van der Waals surface area contributed by atoms with Crippen LogP contribution >= 0.6 is 11.8 Å².